The van der Waals surface area contributed by atoms with Gasteiger partial charge in [0.2, 0.25) is 0 Å². The van der Waals surface area contributed by atoms with Gasteiger partial charge < -0.3 is 10.2 Å². The Morgan fingerprint density at radius 1 is 1.41 bits per heavy atom. The second-order valence-electron chi connectivity index (χ2n) is 6.83. The van der Waals surface area contributed by atoms with Crippen molar-refractivity contribution >= 4 is 5.78 Å². The van der Waals surface area contributed by atoms with Crippen LogP contribution in [0.5, 0.6) is 0 Å². The zero-order chi connectivity index (χ0) is 16.3. The lowest BCUT2D eigenvalue weighted by Gasteiger charge is -2.23. The van der Waals surface area contributed by atoms with Gasteiger partial charge in [-0.05, 0) is 37.2 Å². The van der Waals surface area contributed by atoms with E-state index < -0.39 is 11.7 Å². The number of carbonyl (C=O) groups excluding carboxylic acids is 1. The van der Waals surface area contributed by atoms with Gasteiger partial charge in [0.15, 0.2) is 5.78 Å². The highest BCUT2D eigenvalue weighted by Gasteiger charge is 2.49. The molecule has 2 aliphatic carbocycles. The third-order valence-corrected chi connectivity index (χ3v) is 5.26. The Labute approximate surface area is 133 Å². The Morgan fingerprint density at radius 2 is 2.14 bits per heavy atom. The molecule has 0 spiro atoms. The van der Waals surface area contributed by atoms with Crippen molar-refractivity contribution in [2.24, 2.45) is 17.8 Å². The summed E-state index contributed by atoms with van der Waals surface area (Å²) in [5.41, 5.74) is -0.339. The van der Waals surface area contributed by atoms with Crippen molar-refractivity contribution in [3.8, 4) is 0 Å². The number of aliphatic hydroxyl groups excluding tert-OH is 1. The van der Waals surface area contributed by atoms with Crippen LogP contribution in [-0.4, -0.2) is 27.7 Å². The van der Waals surface area contributed by atoms with Crippen LogP contribution in [-0.2, 0) is 4.79 Å². The van der Waals surface area contributed by atoms with Gasteiger partial charge in [-0.1, -0.05) is 51.2 Å². The molecule has 0 amide bonds. The first-order valence-electron chi connectivity index (χ1n) is 8.37. The maximum Gasteiger partial charge on any atom is 0.161 e. The third kappa shape index (κ3) is 3.41. The predicted molar refractivity (Wildman–Crippen MR) is 88.3 cm³/mol. The van der Waals surface area contributed by atoms with Crippen molar-refractivity contribution in [3.63, 3.8) is 0 Å². The predicted octanol–water partition coefficient (Wildman–Crippen LogP) is 3.18. The molecule has 2 rings (SSSR count). The minimum Gasteiger partial charge on any atom is -0.392 e. The average Bonchev–Trinajstić information content (AvgIpc) is 2.94. The summed E-state index contributed by atoms with van der Waals surface area (Å²) in [6, 6.07) is 0. The minimum absolute atomic E-state index is 0.0779. The van der Waals surface area contributed by atoms with E-state index in [-0.39, 0.29) is 23.5 Å². The smallest absolute Gasteiger partial charge is 0.161 e. The zero-order valence-corrected chi connectivity index (χ0v) is 13.5. The first kappa shape index (κ1) is 17.2. The van der Waals surface area contributed by atoms with Crippen molar-refractivity contribution in [3.05, 3.63) is 37.0 Å². The normalized spacial score (nSPS) is 34.1. The summed E-state index contributed by atoms with van der Waals surface area (Å²) < 4.78 is 0. The van der Waals surface area contributed by atoms with E-state index in [2.05, 4.69) is 20.1 Å². The van der Waals surface area contributed by atoms with E-state index in [1.165, 1.54) is 0 Å². The fourth-order valence-electron chi connectivity index (χ4n) is 3.83. The van der Waals surface area contributed by atoms with Crippen molar-refractivity contribution in [1.82, 2.24) is 0 Å². The number of aliphatic hydroxyl groups is 2. The average molecular weight is 304 g/mol. The lowest BCUT2D eigenvalue weighted by atomic mass is 9.88. The molecule has 2 saturated carbocycles. The summed E-state index contributed by atoms with van der Waals surface area (Å²) in [6.45, 7) is 9.69. The van der Waals surface area contributed by atoms with Crippen LogP contribution in [0.15, 0.2) is 37.0 Å². The maximum atomic E-state index is 12.0. The fraction of sp³-hybridized carbons (Fsp3) is 0.632. The molecule has 122 valence electrons. The zero-order valence-electron chi connectivity index (χ0n) is 13.5. The Balaban J connectivity index is 2.06. The summed E-state index contributed by atoms with van der Waals surface area (Å²) in [5.74, 6) is 0.0813. The molecule has 2 fully saturated rings. The SMILES string of the molecule is C=CC(O)(/C=C/[C@H]1[C@@H]2CC(=C)C(=O)[C@H]2C[C@H]1O)CCCCC. The van der Waals surface area contributed by atoms with Crippen molar-refractivity contribution < 1.29 is 15.0 Å². The highest BCUT2D eigenvalue weighted by molar-refractivity contribution is 5.99. The lowest BCUT2D eigenvalue weighted by molar-refractivity contribution is -0.118. The molecule has 22 heavy (non-hydrogen) atoms. The summed E-state index contributed by atoms with van der Waals surface area (Å²) in [6.07, 6.45) is 9.66. The van der Waals surface area contributed by atoms with Gasteiger partial charge in [-0.25, -0.2) is 0 Å². The molecule has 0 aromatic rings. The van der Waals surface area contributed by atoms with Gasteiger partial charge in [0.05, 0.1) is 6.10 Å². The van der Waals surface area contributed by atoms with Gasteiger partial charge in [-0.15, -0.1) is 0 Å². The van der Waals surface area contributed by atoms with Crippen LogP contribution in [0.4, 0.5) is 0 Å². The maximum absolute atomic E-state index is 12.0. The molecule has 0 saturated heterocycles. The number of fused-ring (bicyclic) bond motifs is 1. The van der Waals surface area contributed by atoms with Crippen LogP contribution in [0.3, 0.4) is 0 Å². The van der Waals surface area contributed by atoms with E-state index in [0.717, 1.165) is 19.3 Å². The van der Waals surface area contributed by atoms with Gasteiger partial charge in [-0.2, -0.15) is 0 Å². The molecule has 1 unspecified atom stereocenters. The van der Waals surface area contributed by atoms with Gasteiger partial charge in [0.25, 0.3) is 0 Å². The molecular weight excluding hydrogens is 276 g/mol. The highest BCUT2D eigenvalue weighted by Crippen LogP contribution is 2.48. The first-order chi connectivity index (χ1) is 10.4. The van der Waals surface area contributed by atoms with E-state index >= 15 is 0 Å². The first-order valence-corrected chi connectivity index (χ1v) is 8.37. The third-order valence-electron chi connectivity index (χ3n) is 5.26. The summed E-state index contributed by atoms with van der Waals surface area (Å²) >= 11 is 0. The van der Waals surface area contributed by atoms with Crippen molar-refractivity contribution in [2.75, 3.05) is 0 Å². The molecule has 0 bridgehead atoms. The molecule has 3 heteroatoms. The van der Waals surface area contributed by atoms with Crippen LogP contribution in [0, 0.1) is 17.8 Å². The van der Waals surface area contributed by atoms with E-state index in [1.54, 1.807) is 12.2 Å². The second-order valence-corrected chi connectivity index (χ2v) is 6.83. The Hall–Kier alpha value is -1.19. The van der Waals surface area contributed by atoms with Gasteiger partial charge >= 0.3 is 0 Å². The van der Waals surface area contributed by atoms with Crippen LogP contribution in [0.1, 0.15) is 45.4 Å². The fourth-order valence-corrected chi connectivity index (χ4v) is 3.83. The second kappa shape index (κ2) is 6.93. The van der Waals surface area contributed by atoms with E-state index in [4.69, 9.17) is 0 Å². The Bertz CT molecular complexity index is 479. The van der Waals surface area contributed by atoms with Gasteiger partial charge in [-0.3, -0.25) is 4.79 Å². The number of unbranched alkanes of at least 4 members (excludes halogenated alkanes) is 2. The van der Waals surface area contributed by atoms with Crippen molar-refractivity contribution in [2.45, 2.75) is 57.2 Å². The van der Waals surface area contributed by atoms with Crippen LogP contribution < -0.4 is 0 Å². The number of Topliss-reactive ketones (excluding diaryl/α,β-unsaturated/α-hetero) is 1. The summed E-state index contributed by atoms with van der Waals surface area (Å²) in [4.78, 5) is 12.0. The van der Waals surface area contributed by atoms with E-state index in [0.29, 0.717) is 24.8 Å². The van der Waals surface area contributed by atoms with Gasteiger partial charge in [0, 0.05) is 11.8 Å². The largest absolute Gasteiger partial charge is 0.392 e. The number of ketones is 1. The summed E-state index contributed by atoms with van der Waals surface area (Å²) in [7, 11) is 0. The Kier molecular flexibility index (Phi) is 5.41. The molecule has 2 N–H and O–H groups in total. The van der Waals surface area contributed by atoms with Crippen molar-refractivity contribution in [1.29, 1.82) is 0 Å². The number of allylic oxidation sites excluding steroid dienone is 1. The molecule has 0 aliphatic heterocycles. The molecule has 0 radical (unpaired) electrons. The molecule has 2 aliphatic rings. The Morgan fingerprint density at radius 3 is 2.77 bits per heavy atom. The molecule has 0 heterocycles. The summed E-state index contributed by atoms with van der Waals surface area (Å²) in [5, 5.41) is 20.8. The standard InChI is InChI=1S/C19H28O3/c1-4-6-7-9-19(22,5-2)10-8-14-15-11-13(3)18(21)16(15)12-17(14)20/h5,8,10,14-17,20,22H,2-4,6-7,9,11-12H2,1H3/b10-8+/t14-,15-,16-,17+,19?/m0/s1. The topological polar surface area (TPSA) is 57.5 Å². The lowest BCUT2D eigenvalue weighted by Crippen LogP contribution is -2.24. The van der Waals surface area contributed by atoms with Crippen LogP contribution in [0.25, 0.3) is 0 Å². The minimum atomic E-state index is -1.02. The van der Waals surface area contributed by atoms with Crippen LogP contribution >= 0.6 is 0 Å². The quantitative estimate of drug-likeness (QED) is 0.431. The number of hydrogen-bond donors (Lipinski definition) is 2. The van der Waals surface area contributed by atoms with Crippen LogP contribution in [0.2, 0.25) is 0 Å². The van der Waals surface area contributed by atoms with E-state index in [1.807, 2.05) is 6.08 Å². The number of carbonyl (C=O) groups is 1. The van der Waals surface area contributed by atoms with E-state index in [9.17, 15) is 15.0 Å². The highest BCUT2D eigenvalue weighted by atomic mass is 16.3. The number of rotatable bonds is 7. The molecule has 5 atom stereocenters. The number of hydrogen-bond acceptors (Lipinski definition) is 3. The molecule has 3 nitrogen and oxygen atoms in total. The monoisotopic (exact) mass is 304 g/mol. The molecular formula is C19H28O3. The molecule has 0 aromatic carbocycles. The van der Waals surface area contributed by atoms with Gasteiger partial charge in [0.1, 0.15) is 5.60 Å². The molecule has 0 aromatic heterocycles.